The molecule has 0 amide bonds. The average Bonchev–Trinajstić information content (AvgIpc) is 2.20. The fourth-order valence-electron chi connectivity index (χ4n) is 0.997. The normalized spacial score (nSPS) is 11.5. The number of nitrogens with one attached hydrogen (secondary N) is 1. The van der Waals surface area contributed by atoms with Gasteiger partial charge in [0.15, 0.2) is 0 Å². The van der Waals surface area contributed by atoms with Crippen molar-refractivity contribution < 1.29 is 14.3 Å². The molecule has 0 aromatic heterocycles. The van der Waals surface area contributed by atoms with Crippen molar-refractivity contribution in [3.63, 3.8) is 0 Å². The lowest BCUT2D eigenvalue weighted by Crippen LogP contribution is -2.25. The molecule has 0 heterocycles. The number of carboxylic acids is 1. The van der Waals surface area contributed by atoms with Gasteiger partial charge in [0.1, 0.15) is 11.9 Å². The summed E-state index contributed by atoms with van der Waals surface area (Å²) in [5.41, 5.74) is 0.268. The Morgan fingerprint density at radius 1 is 1.67 bits per heavy atom. The molecule has 1 unspecified atom stereocenters. The summed E-state index contributed by atoms with van der Waals surface area (Å²) in [6.45, 7) is 1.40. The topological polar surface area (TPSA) is 73.1 Å². The lowest BCUT2D eigenvalue weighted by molar-refractivity contribution is -0.137. The van der Waals surface area contributed by atoms with Crippen LogP contribution in [0.5, 0.6) is 0 Å². The Kier molecular flexibility index (Phi) is 3.24. The van der Waals surface area contributed by atoms with E-state index in [1.807, 2.05) is 0 Å². The Balaban J connectivity index is 2.88. The van der Waals surface area contributed by atoms with Gasteiger partial charge in [-0.15, -0.1) is 0 Å². The van der Waals surface area contributed by atoms with Crippen molar-refractivity contribution in [1.82, 2.24) is 0 Å². The van der Waals surface area contributed by atoms with Crippen LogP contribution in [0.1, 0.15) is 12.5 Å². The van der Waals surface area contributed by atoms with Gasteiger partial charge in [-0.1, -0.05) is 0 Å². The van der Waals surface area contributed by atoms with Crippen LogP contribution < -0.4 is 5.32 Å². The van der Waals surface area contributed by atoms with E-state index >= 15 is 0 Å². The molecule has 0 aliphatic heterocycles. The molecule has 0 saturated carbocycles. The summed E-state index contributed by atoms with van der Waals surface area (Å²) in [6.07, 6.45) is 0. The smallest absolute Gasteiger partial charge is 0.325 e. The molecule has 0 spiro atoms. The molecular formula is C10H9FN2O2. The number of aliphatic carboxylic acids is 1. The lowest BCUT2D eigenvalue weighted by Gasteiger charge is -2.11. The summed E-state index contributed by atoms with van der Waals surface area (Å²) in [6, 6.07) is 4.71. The predicted molar refractivity (Wildman–Crippen MR) is 51.8 cm³/mol. The molecule has 1 atom stereocenters. The van der Waals surface area contributed by atoms with E-state index in [4.69, 9.17) is 10.4 Å². The number of anilines is 1. The Bertz CT molecular complexity index is 426. The molecule has 1 aromatic rings. The van der Waals surface area contributed by atoms with Gasteiger partial charge >= 0.3 is 5.97 Å². The summed E-state index contributed by atoms with van der Waals surface area (Å²) in [5, 5.41) is 19.6. The van der Waals surface area contributed by atoms with E-state index in [0.29, 0.717) is 0 Å². The number of rotatable bonds is 3. The van der Waals surface area contributed by atoms with E-state index in [9.17, 15) is 9.18 Å². The highest BCUT2D eigenvalue weighted by atomic mass is 19.1. The predicted octanol–water partition coefficient (Wildman–Crippen LogP) is 1.58. The number of benzene rings is 1. The first kappa shape index (κ1) is 11.0. The van der Waals surface area contributed by atoms with Crippen molar-refractivity contribution in [3.05, 3.63) is 29.6 Å². The fraction of sp³-hybridized carbons (Fsp3) is 0.200. The van der Waals surface area contributed by atoms with Crippen molar-refractivity contribution in [2.45, 2.75) is 13.0 Å². The third kappa shape index (κ3) is 2.68. The number of hydrogen-bond acceptors (Lipinski definition) is 3. The maximum absolute atomic E-state index is 13.3. The Morgan fingerprint density at radius 3 is 2.80 bits per heavy atom. The Labute approximate surface area is 86.0 Å². The summed E-state index contributed by atoms with van der Waals surface area (Å²) in [5.74, 6) is -1.71. The molecule has 0 aliphatic rings. The minimum Gasteiger partial charge on any atom is -0.480 e. The van der Waals surface area contributed by atoms with Gasteiger partial charge in [-0.2, -0.15) is 5.26 Å². The van der Waals surface area contributed by atoms with E-state index in [-0.39, 0.29) is 11.3 Å². The van der Waals surface area contributed by atoms with E-state index in [0.717, 1.165) is 6.07 Å². The third-order valence-corrected chi connectivity index (χ3v) is 1.84. The highest BCUT2D eigenvalue weighted by Crippen LogP contribution is 2.16. The van der Waals surface area contributed by atoms with Crippen LogP contribution in [-0.4, -0.2) is 17.1 Å². The standard InChI is InChI=1S/C10H9FN2O2/c1-6(10(14)15)13-9-3-2-7(5-12)4-8(9)11/h2-4,6,13H,1H3,(H,14,15). The Morgan fingerprint density at radius 2 is 2.33 bits per heavy atom. The van der Waals surface area contributed by atoms with Gasteiger partial charge in [-0.25, -0.2) is 4.39 Å². The quantitative estimate of drug-likeness (QED) is 0.790. The molecule has 1 aromatic carbocycles. The van der Waals surface area contributed by atoms with Crippen LogP contribution >= 0.6 is 0 Å². The zero-order chi connectivity index (χ0) is 11.4. The molecule has 15 heavy (non-hydrogen) atoms. The summed E-state index contributed by atoms with van der Waals surface area (Å²) in [4.78, 5) is 10.5. The van der Waals surface area contributed by atoms with Gasteiger partial charge < -0.3 is 10.4 Å². The summed E-state index contributed by atoms with van der Waals surface area (Å²) < 4.78 is 13.3. The van der Waals surface area contributed by atoms with Gasteiger partial charge in [0, 0.05) is 0 Å². The van der Waals surface area contributed by atoms with Crippen LogP contribution in [0.4, 0.5) is 10.1 Å². The second-order valence-corrected chi connectivity index (χ2v) is 3.01. The highest BCUT2D eigenvalue weighted by molar-refractivity contribution is 5.76. The largest absolute Gasteiger partial charge is 0.480 e. The SMILES string of the molecule is CC(Nc1ccc(C#N)cc1F)C(=O)O. The number of nitrogens with zero attached hydrogens (tertiary/aromatic N) is 1. The molecule has 1 rings (SSSR count). The molecule has 0 fully saturated rings. The molecule has 78 valence electrons. The molecule has 5 heteroatoms. The highest BCUT2D eigenvalue weighted by Gasteiger charge is 2.12. The van der Waals surface area contributed by atoms with Gasteiger partial charge in [0.25, 0.3) is 0 Å². The first-order valence-corrected chi connectivity index (χ1v) is 4.23. The van der Waals surface area contributed by atoms with Crippen molar-refractivity contribution in [2.75, 3.05) is 5.32 Å². The molecular weight excluding hydrogens is 199 g/mol. The van der Waals surface area contributed by atoms with Crippen molar-refractivity contribution in [2.24, 2.45) is 0 Å². The van der Waals surface area contributed by atoms with E-state index in [1.165, 1.54) is 19.1 Å². The minimum atomic E-state index is -1.07. The second-order valence-electron chi connectivity index (χ2n) is 3.01. The first-order valence-electron chi connectivity index (χ1n) is 4.23. The molecule has 0 bridgehead atoms. The maximum Gasteiger partial charge on any atom is 0.325 e. The van der Waals surface area contributed by atoms with E-state index in [2.05, 4.69) is 5.32 Å². The van der Waals surface area contributed by atoms with E-state index < -0.39 is 17.8 Å². The number of carboxylic acid groups (broad SMARTS) is 1. The summed E-state index contributed by atoms with van der Waals surface area (Å²) in [7, 11) is 0. The van der Waals surface area contributed by atoms with Crippen LogP contribution in [0.3, 0.4) is 0 Å². The number of carbonyl (C=O) groups is 1. The first-order chi connectivity index (χ1) is 7.04. The number of nitriles is 1. The fourth-order valence-corrected chi connectivity index (χ4v) is 0.997. The Hall–Kier alpha value is -2.09. The van der Waals surface area contributed by atoms with Crippen molar-refractivity contribution in [3.8, 4) is 6.07 Å². The van der Waals surface area contributed by atoms with Crippen LogP contribution in [0, 0.1) is 17.1 Å². The third-order valence-electron chi connectivity index (χ3n) is 1.84. The van der Waals surface area contributed by atoms with Gasteiger partial charge in [-0.3, -0.25) is 4.79 Å². The zero-order valence-electron chi connectivity index (χ0n) is 7.99. The molecule has 2 N–H and O–H groups in total. The molecule has 4 nitrogen and oxygen atoms in total. The molecule has 0 saturated heterocycles. The van der Waals surface area contributed by atoms with Gasteiger partial charge in [0.05, 0.1) is 17.3 Å². The molecule has 0 radical (unpaired) electrons. The van der Waals surface area contributed by atoms with Gasteiger partial charge in [0.2, 0.25) is 0 Å². The number of hydrogen-bond donors (Lipinski definition) is 2. The summed E-state index contributed by atoms with van der Waals surface area (Å²) >= 11 is 0. The van der Waals surface area contributed by atoms with E-state index in [1.54, 1.807) is 6.07 Å². The van der Waals surface area contributed by atoms with Crippen LogP contribution in [0.2, 0.25) is 0 Å². The minimum absolute atomic E-state index is 0.0731. The van der Waals surface area contributed by atoms with Gasteiger partial charge in [-0.05, 0) is 25.1 Å². The van der Waals surface area contributed by atoms with Crippen molar-refractivity contribution in [1.29, 1.82) is 5.26 Å². The monoisotopic (exact) mass is 208 g/mol. The van der Waals surface area contributed by atoms with Crippen LogP contribution in [0.25, 0.3) is 0 Å². The average molecular weight is 208 g/mol. The zero-order valence-corrected chi connectivity index (χ0v) is 7.99. The number of halogens is 1. The van der Waals surface area contributed by atoms with Crippen LogP contribution in [-0.2, 0) is 4.79 Å². The van der Waals surface area contributed by atoms with Crippen LogP contribution in [0.15, 0.2) is 18.2 Å². The van der Waals surface area contributed by atoms with Crippen molar-refractivity contribution >= 4 is 11.7 Å². The second kappa shape index (κ2) is 4.42. The molecule has 0 aliphatic carbocycles. The lowest BCUT2D eigenvalue weighted by atomic mass is 10.2. The maximum atomic E-state index is 13.3.